The molecule has 1 aromatic rings. The average molecular weight is 158 g/mol. The van der Waals surface area contributed by atoms with E-state index in [4.69, 9.17) is 15.0 Å². The van der Waals surface area contributed by atoms with Crippen molar-refractivity contribution >= 4 is 6.16 Å². The Morgan fingerprint density at radius 3 is 2.27 bits per heavy atom. The molecule has 0 unspecified atom stereocenters. The van der Waals surface area contributed by atoms with Gasteiger partial charge >= 0.3 is 6.16 Å². The molecule has 0 aromatic carbocycles. The summed E-state index contributed by atoms with van der Waals surface area (Å²) in [5, 5.41) is 19.6. The molecule has 0 radical (unpaired) electrons. The van der Waals surface area contributed by atoms with E-state index in [1.807, 2.05) is 0 Å². The van der Waals surface area contributed by atoms with Crippen LogP contribution >= 0.6 is 0 Å². The molecule has 0 atom stereocenters. The first-order chi connectivity index (χ1) is 5.13. The topological polar surface area (TPSA) is 103 Å². The highest BCUT2D eigenvalue weighted by Crippen LogP contribution is 1.60. The smallest absolute Gasteiger partial charge is 0.450 e. The molecule has 0 bridgehead atoms. The van der Waals surface area contributed by atoms with Gasteiger partial charge in [-0.2, -0.15) is 5.10 Å². The number of nitrogens with zero attached hydrogens (tertiary/aromatic N) is 1. The van der Waals surface area contributed by atoms with E-state index in [0.29, 0.717) is 0 Å². The van der Waals surface area contributed by atoms with Gasteiger partial charge in [-0.1, -0.05) is 0 Å². The molecule has 3 N–H and O–H groups in total. The lowest BCUT2D eigenvalue weighted by Gasteiger charge is -1.72. The first-order valence-electron chi connectivity index (χ1n) is 2.54. The minimum atomic E-state index is -1.83. The van der Waals surface area contributed by atoms with E-state index in [-0.39, 0.29) is 5.56 Å². The molecule has 1 heterocycles. The molecular formula is C5H6N2O4. The van der Waals surface area contributed by atoms with Gasteiger partial charge in [-0.25, -0.2) is 9.89 Å². The summed E-state index contributed by atoms with van der Waals surface area (Å²) in [7, 11) is 0. The molecule has 0 saturated carbocycles. The fourth-order valence-electron chi connectivity index (χ4n) is 0.312. The van der Waals surface area contributed by atoms with Crippen LogP contribution in [-0.2, 0) is 0 Å². The molecule has 0 aliphatic rings. The zero-order chi connectivity index (χ0) is 8.69. The second-order valence-corrected chi connectivity index (χ2v) is 1.40. The molecule has 60 valence electrons. The summed E-state index contributed by atoms with van der Waals surface area (Å²) in [5.41, 5.74) is -0.164. The Hall–Kier alpha value is -1.85. The van der Waals surface area contributed by atoms with Crippen molar-refractivity contribution in [3.8, 4) is 0 Å². The summed E-state index contributed by atoms with van der Waals surface area (Å²) in [6, 6.07) is 2.99. The van der Waals surface area contributed by atoms with Gasteiger partial charge in [-0.15, -0.1) is 0 Å². The van der Waals surface area contributed by atoms with Gasteiger partial charge in [0.15, 0.2) is 0 Å². The normalized spacial score (nSPS) is 7.64. The van der Waals surface area contributed by atoms with Crippen LogP contribution in [0.5, 0.6) is 0 Å². The van der Waals surface area contributed by atoms with Crippen LogP contribution in [0.3, 0.4) is 0 Å². The number of carbonyl (C=O) groups is 1. The second-order valence-electron chi connectivity index (χ2n) is 1.40. The van der Waals surface area contributed by atoms with E-state index in [1.54, 1.807) is 6.07 Å². The molecule has 0 saturated heterocycles. The summed E-state index contributed by atoms with van der Waals surface area (Å²) >= 11 is 0. The number of rotatable bonds is 0. The lowest BCUT2D eigenvalue weighted by molar-refractivity contribution is 0.137. The first kappa shape index (κ1) is 9.15. The maximum Gasteiger partial charge on any atom is 0.503 e. The van der Waals surface area contributed by atoms with E-state index < -0.39 is 6.16 Å². The van der Waals surface area contributed by atoms with Crippen molar-refractivity contribution in [3.63, 3.8) is 0 Å². The van der Waals surface area contributed by atoms with Crippen molar-refractivity contribution in [1.82, 2.24) is 10.2 Å². The maximum atomic E-state index is 10.2. The van der Waals surface area contributed by atoms with Crippen LogP contribution in [0.2, 0.25) is 0 Å². The Balaban J connectivity index is 0.000000218. The number of aromatic amines is 1. The number of aromatic nitrogens is 2. The molecule has 6 heteroatoms. The molecule has 0 amide bonds. The molecule has 11 heavy (non-hydrogen) atoms. The predicted octanol–water partition coefficient (Wildman–Crippen LogP) is -0.00770. The quantitative estimate of drug-likeness (QED) is 0.492. The Kier molecular flexibility index (Phi) is 4.14. The van der Waals surface area contributed by atoms with Gasteiger partial charge in [0.1, 0.15) is 0 Å². The fourth-order valence-corrected chi connectivity index (χ4v) is 0.312. The van der Waals surface area contributed by atoms with Crippen LogP contribution in [-0.4, -0.2) is 26.6 Å². The van der Waals surface area contributed by atoms with Gasteiger partial charge in [-0.3, -0.25) is 4.79 Å². The Morgan fingerprint density at radius 1 is 1.55 bits per heavy atom. The van der Waals surface area contributed by atoms with Crippen molar-refractivity contribution in [2.24, 2.45) is 0 Å². The van der Waals surface area contributed by atoms with E-state index in [9.17, 15) is 4.79 Å². The van der Waals surface area contributed by atoms with Gasteiger partial charge in [0.25, 0.3) is 5.56 Å². The van der Waals surface area contributed by atoms with Gasteiger partial charge in [0, 0.05) is 12.3 Å². The minimum Gasteiger partial charge on any atom is -0.450 e. The summed E-state index contributed by atoms with van der Waals surface area (Å²) in [5.74, 6) is 0. The second kappa shape index (κ2) is 4.98. The highest BCUT2D eigenvalue weighted by atomic mass is 16.6. The molecule has 0 spiro atoms. The van der Waals surface area contributed by atoms with Crippen molar-refractivity contribution in [2.75, 3.05) is 0 Å². The largest absolute Gasteiger partial charge is 0.503 e. The van der Waals surface area contributed by atoms with Gasteiger partial charge in [-0.05, 0) is 6.07 Å². The standard InChI is InChI=1S/C4H4N2O.CH2O3/c7-4-2-1-3-5-6-4;2-1(3)4/h1-3H,(H,6,7);(H2,2,3,4). The third-order valence-corrected chi connectivity index (χ3v) is 0.583. The number of H-pyrrole nitrogens is 1. The fraction of sp³-hybridized carbons (Fsp3) is 0. The third kappa shape index (κ3) is 8.15. The van der Waals surface area contributed by atoms with E-state index in [0.717, 1.165) is 0 Å². The van der Waals surface area contributed by atoms with Crippen molar-refractivity contribution in [1.29, 1.82) is 0 Å². The molecule has 0 aliphatic heterocycles. The van der Waals surface area contributed by atoms with E-state index in [1.165, 1.54) is 12.3 Å². The molecule has 6 nitrogen and oxygen atoms in total. The first-order valence-corrected chi connectivity index (χ1v) is 2.54. The number of nitrogens with one attached hydrogen (secondary N) is 1. The van der Waals surface area contributed by atoms with E-state index in [2.05, 4.69) is 10.2 Å². The van der Waals surface area contributed by atoms with E-state index >= 15 is 0 Å². The maximum absolute atomic E-state index is 10.2. The van der Waals surface area contributed by atoms with Gasteiger partial charge in [0.05, 0.1) is 0 Å². The Labute approximate surface area is 61.1 Å². The molecule has 1 aromatic heterocycles. The third-order valence-electron chi connectivity index (χ3n) is 0.583. The number of hydrogen-bond donors (Lipinski definition) is 3. The van der Waals surface area contributed by atoms with Crippen LogP contribution in [0.1, 0.15) is 0 Å². The van der Waals surface area contributed by atoms with Crippen LogP contribution < -0.4 is 5.56 Å². The Bertz CT molecular complexity index is 248. The SMILES string of the molecule is O=C(O)O.O=c1cccn[nH]1. The monoisotopic (exact) mass is 158 g/mol. The molecule has 0 fully saturated rings. The van der Waals surface area contributed by atoms with Crippen LogP contribution in [0.15, 0.2) is 23.1 Å². The van der Waals surface area contributed by atoms with Crippen molar-refractivity contribution in [3.05, 3.63) is 28.7 Å². The zero-order valence-electron chi connectivity index (χ0n) is 5.39. The molecular weight excluding hydrogens is 152 g/mol. The summed E-state index contributed by atoms with van der Waals surface area (Å²) in [6.07, 6.45) is -0.318. The number of hydrogen-bond acceptors (Lipinski definition) is 3. The van der Waals surface area contributed by atoms with Crippen molar-refractivity contribution < 1.29 is 15.0 Å². The zero-order valence-corrected chi connectivity index (χ0v) is 5.39. The van der Waals surface area contributed by atoms with Crippen LogP contribution in [0.25, 0.3) is 0 Å². The Morgan fingerprint density at radius 2 is 2.09 bits per heavy atom. The highest BCUT2D eigenvalue weighted by Gasteiger charge is 1.70. The molecule has 1 rings (SSSR count). The number of carboxylic acid groups (broad SMARTS) is 2. The average Bonchev–Trinajstić information content (AvgIpc) is 1.87. The van der Waals surface area contributed by atoms with Crippen LogP contribution in [0.4, 0.5) is 4.79 Å². The lowest BCUT2D eigenvalue weighted by Crippen LogP contribution is -2.02. The van der Waals surface area contributed by atoms with Gasteiger partial charge < -0.3 is 10.2 Å². The lowest BCUT2D eigenvalue weighted by atomic mass is 10.6. The summed E-state index contributed by atoms with van der Waals surface area (Å²) in [6.45, 7) is 0. The molecule has 0 aliphatic carbocycles. The predicted molar refractivity (Wildman–Crippen MR) is 35.5 cm³/mol. The highest BCUT2D eigenvalue weighted by molar-refractivity contribution is 5.53. The van der Waals surface area contributed by atoms with Crippen LogP contribution in [0, 0.1) is 0 Å². The van der Waals surface area contributed by atoms with Gasteiger partial charge in [0.2, 0.25) is 0 Å². The van der Waals surface area contributed by atoms with Crippen molar-refractivity contribution in [2.45, 2.75) is 0 Å². The minimum absolute atomic E-state index is 0.164. The summed E-state index contributed by atoms with van der Waals surface area (Å²) < 4.78 is 0. The summed E-state index contributed by atoms with van der Waals surface area (Å²) in [4.78, 5) is 18.7.